The molecule has 0 amide bonds. The normalized spacial score (nSPS) is 30.6. The maximum absolute atomic E-state index is 3.64. The van der Waals surface area contributed by atoms with Crippen molar-refractivity contribution in [3.63, 3.8) is 0 Å². The molecule has 2 aliphatic rings. The molecule has 0 radical (unpaired) electrons. The summed E-state index contributed by atoms with van der Waals surface area (Å²) in [7, 11) is 4.51. The minimum Gasteiger partial charge on any atom is -0.317 e. The maximum Gasteiger partial charge on any atom is 0.0230 e. The predicted octanol–water partition coefficient (Wildman–Crippen LogP) is 0.602. The zero-order chi connectivity index (χ0) is 13.5. The van der Waals surface area contributed by atoms with Gasteiger partial charge in [0.1, 0.15) is 0 Å². The van der Waals surface area contributed by atoms with E-state index in [1.54, 1.807) is 0 Å². The Hall–Kier alpha value is -0.160. The first kappa shape index (κ1) is 15.2. The van der Waals surface area contributed by atoms with Gasteiger partial charge in [0.25, 0.3) is 0 Å². The van der Waals surface area contributed by atoms with E-state index in [1.807, 2.05) is 0 Å². The number of nitrogens with zero attached hydrogens (tertiary/aromatic N) is 2. The molecule has 0 spiro atoms. The number of piperidine rings is 1. The lowest BCUT2D eigenvalue weighted by Gasteiger charge is -2.33. The molecule has 0 aliphatic carbocycles. The first-order chi connectivity index (χ1) is 9.25. The molecule has 0 bridgehead atoms. The second kappa shape index (κ2) is 8.20. The molecule has 2 unspecified atom stereocenters. The summed E-state index contributed by atoms with van der Waals surface area (Å²) in [6.45, 7) is 8.46. The van der Waals surface area contributed by atoms with Crippen molar-refractivity contribution in [2.75, 3.05) is 59.9 Å². The van der Waals surface area contributed by atoms with Gasteiger partial charge in [-0.1, -0.05) is 0 Å². The van der Waals surface area contributed by atoms with Gasteiger partial charge >= 0.3 is 0 Å². The number of likely N-dealkylation sites (tertiary alicyclic amines) is 1. The van der Waals surface area contributed by atoms with E-state index in [-0.39, 0.29) is 0 Å². The van der Waals surface area contributed by atoms with Gasteiger partial charge in [0, 0.05) is 32.2 Å². The molecule has 4 nitrogen and oxygen atoms in total. The lowest BCUT2D eigenvalue weighted by atomic mass is 9.95. The van der Waals surface area contributed by atoms with Gasteiger partial charge in [-0.3, -0.25) is 0 Å². The van der Waals surface area contributed by atoms with Gasteiger partial charge in [-0.2, -0.15) is 0 Å². The Labute approximate surface area is 118 Å². The maximum atomic E-state index is 3.64. The summed E-state index contributed by atoms with van der Waals surface area (Å²) in [5, 5.41) is 7.13. The number of hydrogen-bond acceptors (Lipinski definition) is 4. The summed E-state index contributed by atoms with van der Waals surface area (Å²) in [4.78, 5) is 4.98. The molecule has 2 atom stereocenters. The first-order valence-corrected chi connectivity index (χ1v) is 8.06. The van der Waals surface area contributed by atoms with Crippen molar-refractivity contribution >= 4 is 0 Å². The topological polar surface area (TPSA) is 30.5 Å². The van der Waals surface area contributed by atoms with Crippen LogP contribution in [0.25, 0.3) is 0 Å². The van der Waals surface area contributed by atoms with Crippen LogP contribution < -0.4 is 10.6 Å². The molecular formula is C15H32N4. The molecule has 19 heavy (non-hydrogen) atoms. The second-order valence-corrected chi connectivity index (χ2v) is 6.44. The molecule has 2 heterocycles. The standard InChI is InChI=1S/C15H32N4/c1-18-10-3-4-14(13-18)5-7-16-8-6-15-12-17-9-11-19(15)2/h14-17H,3-13H2,1-2H3. The largest absolute Gasteiger partial charge is 0.317 e. The molecule has 2 saturated heterocycles. The van der Waals surface area contributed by atoms with Crippen molar-refractivity contribution in [2.45, 2.75) is 31.7 Å². The Kier molecular flexibility index (Phi) is 6.57. The monoisotopic (exact) mass is 268 g/mol. The van der Waals surface area contributed by atoms with Crippen molar-refractivity contribution in [3.05, 3.63) is 0 Å². The quantitative estimate of drug-likeness (QED) is 0.691. The zero-order valence-corrected chi connectivity index (χ0v) is 12.8. The van der Waals surface area contributed by atoms with Crippen LogP contribution in [-0.2, 0) is 0 Å². The Morgan fingerprint density at radius 3 is 2.79 bits per heavy atom. The number of rotatable bonds is 6. The summed E-state index contributed by atoms with van der Waals surface area (Å²) >= 11 is 0. The van der Waals surface area contributed by atoms with Crippen molar-refractivity contribution in [1.29, 1.82) is 0 Å². The van der Waals surface area contributed by atoms with Gasteiger partial charge in [-0.05, 0) is 65.3 Å². The summed E-state index contributed by atoms with van der Waals surface area (Å²) in [6, 6.07) is 0.724. The molecule has 4 heteroatoms. The molecular weight excluding hydrogens is 236 g/mol. The van der Waals surface area contributed by atoms with Crippen molar-refractivity contribution < 1.29 is 0 Å². The van der Waals surface area contributed by atoms with E-state index >= 15 is 0 Å². The third-order valence-corrected chi connectivity index (χ3v) is 4.75. The van der Waals surface area contributed by atoms with Crippen molar-refractivity contribution in [1.82, 2.24) is 20.4 Å². The van der Waals surface area contributed by atoms with Crippen LogP contribution in [0.2, 0.25) is 0 Å². The van der Waals surface area contributed by atoms with Gasteiger partial charge in [0.2, 0.25) is 0 Å². The van der Waals surface area contributed by atoms with E-state index in [0.29, 0.717) is 0 Å². The van der Waals surface area contributed by atoms with Crippen LogP contribution in [0.4, 0.5) is 0 Å². The highest BCUT2D eigenvalue weighted by atomic mass is 15.2. The second-order valence-electron chi connectivity index (χ2n) is 6.44. The molecule has 2 fully saturated rings. The molecule has 0 aromatic heterocycles. The highest BCUT2D eigenvalue weighted by Gasteiger charge is 2.18. The molecule has 2 N–H and O–H groups in total. The highest BCUT2D eigenvalue weighted by Crippen LogP contribution is 2.17. The minimum atomic E-state index is 0.724. The Morgan fingerprint density at radius 2 is 2.00 bits per heavy atom. The first-order valence-electron chi connectivity index (χ1n) is 8.06. The minimum absolute atomic E-state index is 0.724. The molecule has 0 aromatic rings. The van der Waals surface area contributed by atoms with Gasteiger partial charge in [-0.25, -0.2) is 0 Å². The average molecular weight is 268 g/mol. The van der Waals surface area contributed by atoms with Crippen LogP contribution in [0.3, 0.4) is 0 Å². The molecule has 2 rings (SSSR count). The van der Waals surface area contributed by atoms with Gasteiger partial charge < -0.3 is 20.4 Å². The highest BCUT2D eigenvalue weighted by molar-refractivity contribution is 4.78. The van der Waals surface area contributed by atoms with Gasteiger partial charge in [0.15, 0.2) is 0 Å². The smallest absolute Gasteiger partial charge is 0.0230 e. The van der Waals surface area contributed by atoms with E-state index in [4.69, 9.17) is 0 Å². The fraction of sp³-hybridized carbons (Fsp3) is 1.00. The van der Waals surface area contributed by atoms with Crippen molar-refractivity contribution in [3.8, 4) is 0 Å². The van der Waals surface area contributed by atoms with Crippen LogP contribution in [-0.4, -0.2) is 75.8 Å². The van der Waals surface area contributed by atoms with E-state index in [2.05, 4.69) is 34.5 Å². The predicted molar refractivity (Wildman–Crippen MR) is 81.6 cm³/mol. The summed E-state index contributed by atoms with van der Waals surface area (Å²) in [5.41, 5.74) is 0. The Balaban J connectivity index is 1.49. The Morgan fingerprint density at radius 1 is 1.16 bits per heavy atom. The van der Waals surface area contributed by atoms with E-state index < -0.39 is 0 Å². The number of nitrogens with one attached hydrogen (secondary N) is 2. The van der Waals surface area contributed by atoms with E-state index in [9.17, 15) is 0 Å². The summed E-state index contributed by atoms with van der Waals surface area (Å²) in [5.74, 6) is 0.922. The lowest BCUT2D eigenvalue weighted by molar-refractivity contribution is 0.186. The van der Waals surface area contributed by atoms with Crippen LogP contribution >= 0.6 is 0 Å². The molecule has 2 aliphatic heterocycles. The fourth-order valence-electron chi connectivity index (χ4n) is 3.39. The third-order valence-electron chi connectivity index (χ3n) is 4.75. The van der Waals surface area contributed by atoms with Crippen LogP contribution in [0.5, 0.6) is 0 Å². The summed E-state index contributed by atoms with van der Waals surface area (Å²) < 4.78 is 0. The van der Waals surface area contributed by atoms with Gasteiger partial charge in [-0.15, -0.1) is 0 Å². The number of hydrogen-bond donors (Lipinski definition) is 2. The Bertz CT molecular complexity index is 246. The average Bonchev–Trinajstić information content (AvgIpc) is 2.40. The zero-order valence-electron chi connectivity index (χ0n) is 12.8. The number of likely N-dealkylation sites (N-methyl/N-ethyl adjacent to an activating group) is 1. The van der Waals surface area contributed by atoms with E-state index in [1.165, 1.54) is 58.4 Å². The summed E-state index contributed by atoms with van der Waals surface area (Å²) in [6.07, 6.45) is 5.44. The van der Waals surface area contributed by atoms with Gasteiger partial charge in [0.05, 0.1) is 0 Å². The molecule has 0 saturated carbocycles. The SMILES string of the molecule is CN1CCCC(CCNCCC2CNCCN2C)C1. The number of piperazine rings is 1. The third kappa shape index (κ3) is 5.38. The van der Waals surface area contributed by atoms with Crippen LogP contribution in [0, 0.1) is 5.92 Å². The van der Waals surface area contributed by atoms with Crippen LogP contribution in [0.1, 0.15) is 25.7 Å². The van der Waals surface area contributed by atoms with Crippen LogP contribution in [0.15, 0.2) is 0 Å². The lowest BCUT2D eigenvalue weighted by Crippen LogP contribution is -2.50. The van der Waals surface area contributed by atoms with Crippen molar-refractivity contribution in [2.24, 2.45) is 5.92 Å². The molecule has 0 aromatic carbocycles. The molecule has 112 valence electrons. The fourth-order valence-corrected chi connectivity index (χ4v) is 3.39. The van der Waals surface area contributed by atoms with E-state index in [0.717, 1.165) is 25.0 Å².